The Labute approximate surface area is 126 Å². The monoisotopic (exact) mass is 293 g/mol. The lowest BCUT2D eigenvalue weighted by Crippen LogP contribution is -2.25. The molecule has 0 aromatic carbocycles. The quantitative estimate of drug-likeness (QED) is 0.907. The van der Waals surface area contributed by atoms with E-state index in [0.29, 0.717) is 6.04 Å². The Bertz CT molecular complexity index is 380. The Hall–Kier alpha value is -0.640. The number of nitrogens with one attached hydrogen (secondary N) is 1. The Balaban J connectivity index is 1.63. The van der Waals surface area contributed by atoms with E-state index in [1.54, 1.807) is 0 Å². The summed E-state index contributed by atoms with van der Waals surface area (Å²) in [6.07, 6.45) is 11.7. The number of anilines is 1. The number of hydrogen-bond donors (Lipinski definition) is 1. The highest BCUT2D eigenvalue weighted by molar-refractivity contribution is 7.99. The van der Waals surface area contributed by atoms with Crippen molar-refractivity contribution in [2.24, 2.45) is 5.92 Å². The smallest absolute Gasteiger partial charge is 0.203 e. The summed E-state index contributed by atoms with van der Waals surface area (Å²) < 4.78 is 2.38. The first kappa shape index (κ1) is 14.3. The maximum Gasteiger partial charge on any atom is 0.203 e. The lowest BCUT2D eigenvalue weighted by atomic mass is 9.96. The summed E-state index contributed by atoms with van der Waals surface area (Å²) in [7, 11) is 0. The largest absolute Gasteiger partial charge is 0.353 e. The second-order valence-electron chi connectivity index (χ2n) is 6.39. The standard InChI is InChI=1S/C16H27N3S/c1-13-11-19(12-14-7-9-20-10-8-14)16(17-13)18-15-5-3-2-4-6-15/h11,14-15H,2-10,12H2,1H3,(H,17,18). The second kappa shape index (κ2) is 6.88. The van der Waals surface area contributed by atoms with Gasteiger partial charge in [0.05, 0.1) is 5.69 Å². The zero-order valence-electron chi connectivity index (χ0n) is 12.6. The van der Waals surface area contributed by atoms with Crippen LogP contribution in [0.1, 0.15) is 50.6 Å². The molecule has 4 heteroatoms. The van der Waals surface area contributed by atoms with E-state index in [9.17, 15) is 0 Å². The molecule has 3 rings (SSSR count). The third kappa shape index (κ3) is 3.72. The molecule has 0 amide bonds. The van der Waals surface area contributed by atoms with Gasteiger partial charge >= 0.3 is 0 Å². The predicted molar refractivity (Wildman–Crippen MR) is 87.5 cm³/mol. The summed E-state index contributed by atoms with van der Waals surface area (Å²) in [4.78, 5) is 4.72. The lowest BCUT2D eigenvalue weighted by molar-refractivity contribution is 0.414. The molecule has 1 saturated heterocycles. The van der Waals surface area contributed by atoms with Crippen LogP contribution in [0.2, 0.25) is 0 Å². The van der Waals surface area contributed by atoms with E-state index in [0.717, 1.165) is 24.1 Å². The van der Waals surface area contributed by atoms with E-state index in [2.05, 4.69) is 34.8 Å². The highest BCUT2D eigenvalue weighted by Gasteiger charge is 2.19. The van der Waals surface area contributed by atoms with Gasteiger partial charge in [0.1, 0.15) is 0 Å². The Morgan fingerprint density at radius 3 is 2.70 bits per heavy atom. The average molecular weight is 293 g/mol. The molecule has 20 heavy (non-hydrogen) atoms. The van der Waals surface area contributed by atoms with Crippen molar-refractivity contribution in [3.05, 3.63) is 11.9 Å². The van der Waals surface area contributed by atoms with Crippen molar-refractivity contribution in [3.8, 4) is 0 Å². The molecule has 0 bridgehead atoms. The van der Waals surface area contributed by atoms with Gasteiger partial charge in [-0.05, 0) is 50.0 Å². The summed E-state index contributed by atoms with van der Waals surface area (Å²) in [6, 6.07) is 0.645. The van der Waals surface area contributed by atoms with E-state index in [4.69, 9.17) is 4.98 Å². The fourth-order valence-corrected chi connectivity index (χ4v) is 4.64. The third-order valence-electron chi connectivity index (χ3n) is 4.63. The molecule has 1 aliphatic heterocycles. The first-order valence-corrected chi connectivity index (χ1v) is 9.35. The van der Waals surface area contributed by atoms with Crippen molar-refractivity contribution >= 4 is 17.7 Å². The Morgan fingerprint density at radius 1 is 1.20 bits per heavy atom. The topological polar surface area (TPSA) is 29.9 Å². The minimum atomic E-state index is 0.645. The maximum absolute atomic E-state index is 4.72. The first-order chi connectivity index (χ1) is 9.81. The van der Waals surface area contributed by atoms with E-state index in [1.807, 2.05) is 0 Å². The van der Waals surface area contributed by atoms with Gasteiger partial charge in [-0.25, -0.2) is 4.98 Å². The number of nitrogens with zero attached hydrogens (tertiary/aromatic N) is 2. The van der Waals surface area contributed by atoms with Gasteiger partial charge in [-0.2, -0.15) is 11.8 Å². The summed E-state index contributed by atoms with van der Waals surface area (Å²) in [5.41, 5.74) is 1.15. The fraction of sp³-hybridized carbons (Fsp3) is 0.812. The van der Waals surface area contributed by atoms with Gasteiger partial charge in [0, 0.05) is 18.8 Å². The molecule has 112 valence electrons. The van der Waals surface area contributed by atoms with Crippen LogP contribution in [0.3, 0.4) is 0 Å². The number of rotatable bonds is 4. The molecule has 0 radical (unpaired) electrons. The molecular formula is C16H27N3S. The molecule has 1 aromatic heterocycles. The van der Waals surface area contributed by atoms with Gasteiger partial charge in [-0.1, -0.05) is 19.3 Å². The molecule has 0 unspecified atom stereocenters. The molecule has 1 aromatic rings. The van der Waals surface area contributed by atoms with Gasteiger partial charge in [0.25, 0.3) is 0 Å². The predicted octanol–water partition coefficient (Wildman–Crippen LogP) is 4.08. The van der Waals surface area contributed by atoms with Crippen LogP contribution >= 0.6 is 11.8 Å². The number of aromatic nitrogens is 2. The van der Waals surface area contributed by atoms with Gasteiger partial charge < -0.3 is 9.88 Å². The highest BCUT2D eigenvalue weighted by Crippen LogP contribution is 2.26. The molecular weight excluding hydrogens is 266 g/mol. The Morgan fingerprint density at radius 2 is 1.95 bits per heavy atom. The van der Waals surface area contributed by atoms with Crippen LogP contribution in [0.4, 0.5) is 5.95 Å². The SMILES string of the molecule is Cc1cn(CC2CCSCC2)c(NC2CCCCC2)n1. The first-order valence-electron chi connectivity index (χ1n) is 8.19. The minimum Gasteiger partial charge on any atom is -0.353 e. The number of hydrogen-bond acceptors (Lipinski definition) is 3. The van der Waals surface area contributed by atoms with Crippen molar-refractivity contribution in [2.75, 3.05) is 16.8 Å². The summed E-state index contributed by atoms with van der Waals surface area (Å²) in [5, 5.41) is 3.71. The van der Waals surface area contributed by atoms with Crippen molar-refractivity contribution in [2.45, 2.75) is 64.5 Å². The number of imidazole rings is 1. The zero-order chi connectivity index (χ0) is 13.8. The molecule has 0 spiro atoms. The van der Waals surface area contributed by atoms with Crippen LogP contribution in [0.15, 0.2) is 6.20 Å². The van der Waals surface area contributed by atoms with E-state index in [1.165, 1.54) is 56.5 Å². The normalized spacial score (nSPS) is 22.1. The fourth-order valence-electron chi connectivity index (χ4n) is 3.44. The molecule has 2 aliphatic rings. The van der Waals surface area contributed by atoms with Crippen molar-refractivity contribution in [3.63, 3.8) is 0 Å². The van der Waals surface area contributed by atoms with Crippen LogP contribution in [0.5, 0.6) is 0 Å². The van der Waals surface area contributed by atoms with Crippen LogP contribution in [-0.2, 0) is 6.54 Å². The van der Waals surface area contributed by atoms with Crippen LogP contribution in [0, 0.1) is 12.8 Å². The van der Waals surface area contributed by atoms with E-state index < -0.39 is 0 Å². The van der Waals surface area contributed by atoms with Crippen LogP contribution < -0.4 is 5.32 Å². The highest BCUT2D eigenvalue weighted by atomic mass is 32.2. The number of thioether (sulfide) groups is 1. The van der Waals surface area contributed by atoms with Crippen molar-refractivity contribution in [1.29, 1.82) is 0 Å². The zero-order valence-corrected chi connectivity index (χ0v) is 13.4. The Kier molecular flexibility index (Phi) is 4.92. The van der Waals surface area contributed by atoms with Crippen molar-refractivity contribution < 1.29 is 0 Å². The third-order valence-corrected chi connectivity index (χ3v) is 5.68. The van der Waals surface area contributed by atoms with Crippen LogP contribution in [-0.4, -0.2) is 27.1 Å². The summed E-state index contributed by atoms with van der Waals surface area (Å²) in [6.45, 7) is 3.26. The lowest BCUT2D eigenvalue weighted by Gasteiger charge is -2.26. The molecule has 1 aliphatic carbocycles. The van der Waals surface area contributed by atoms with E-state index in [-0.39, 0.29) is 0 Å². The second-order valence-corrected chi connectivity index (χ2v) is 7.62. The van der Waals surface area contributed by atoms with Crippen LogP contribution in [0.25, 0.3) is 0 Å². The molecule has 1 saturated carbocycles. The molecule has 0 atom stereocenters. The molecule has 1 N–H and O–H groups in total. The summed E-state index contributed by atoms with van der Waals surface area (Å²) in [5.74, 6) is 4.64. The van der Waals surface area contributed by atoms with Gasteiger partial charge in [0.15, 0.2) is 0 Å². The summed E-state index contributed by atoms with van der Waals surface area (Å²) >= 11 is 2.11. The average Bonchev–Trinajstić information content (AvgIpc) is 2.81. The molecule has 2 fully saturated rings. The van der Waals surface area contributed by atoms with Gasteiger partial charge in [0.2, 0.25) is 5.95 Å². The van der Waals surface area contributed by atoms with Crippen molar-refractivity contribution in [1.82, 2.24) is 9.55 Å². The van der Waals surface area contributed by atoms with E-state index >= 15 is 0 Å². The molecule has 3 nitrogen and oxygen atoms in total. The van der Waals surface area contributed by atoms with Gasteiger partial charge in [-0.3, -0.25) is 0 Å². The van der Waals surface area contributed by atoms with Gasteiger partial charge in [-0.15, -0.1) is 0 Å². The molecule has 2 heterocycles. The minimum absolute atomic E-state index is 0.645. The number of aryl methyl sites for hydroxylation is 1. The maximum atomic E-state index is 4.72.